The van der Waals surface area contributed by atoms with Crippen LogP contribution in [0.4, 0.5) is 5.00 Å². The van der Waals surface area contributed by atoms with Gasteiger partial charge in [0.1, 0.15) is 11.1 Å². The van der Waals surface area contributed by atoms with Crippen LogP contribution in [-0.4, -0.2) is 11.9 Å². The first kappa shape index (κ1) is 17.8. The summed E-state index contributed by atoms with van der Waals surface area (Å²) in [6.07, 6.45) is 0. The molecule has 2 atom stereocenters. The van der Waals surface area contributed by atoms with Gasteiger partial charge in [-0.15, -0.1) is 11.3 Å². The van der Waals surface area contributed by atoms with E-state index in [4.69, 9.17) is 28.5 Å². The van der Waals surface area contributed by atoms with Gasteiger partial charge in [0, 0.05) is 16.1 Å². The molecule has 0 spiro atoms. The topological polar surface area (TPSA) is 64.9 Å². The van der Waals surface area contributed by atoms with Gasteiger partial charge in [0.05, 0.1) is 11.6 Å². The number of nitrogens with one attached hydrogen (secondary N) is 2. The van der Waals surface area contributed by atoms with E-state index in [0.717, 1.165) is 5.56 Å². The standard InChI is InChI=1S/C16H15Cl2N3OS/c1-9(13-4-3-12(17)7-14(13)18)20-10(2)15(22)21-16-11(8-19)5-6-23-16/h3-7,9-10,20H,1-2H3,(H,21,22). The fourth-order valence-electron chi connectivity index (χ4n) is 2.11. The lowest BCUT2D eigenvalue weighted by atomic mass is 10.1. The van der Waals surface area contributed by atoms with Gasteiger partial charge in [0.25, 0.3) is 0 Å². The van der Waals surface area contributed by atoms with E-state index in [2.05, 4.69) is 10.6 Å². The number of hydrogen-bond acceptors (Lipinski definition) is 4. The predicted molar refractivity (Wildman–Crippen MR) is 95.1 cm³/mol. The second-order valence-electron chi connectivity index (χ2n) is 5.04. The van der Waals surface area contributed by atoms with Crippen LogP contribution >= 0.6 is 34.5 Å². The zero-order chi connectivity index (χ0) is 17.0. The molecule has 2 unspecified atom stereocenters. The number of thiophene rings is 1. The number of amides is 1. The molecule has 2 N–H and O–H groups in total. The zero-order valence-electron chi connectivity index (χ0n) is 12.6. The van der Waals surface area contributed by atoms with E-state index in [1.807, 2.05) is 19.1 Å². The minimum absolute atomic E-state index is 0.126. The molecule has 1 heterocycles. The summed E-state index contributed by atoms with van der Waals surface area (Å²) in [5.41, 5.74) is 1.33. The van der Waals surface area contributed by atoms with Gasteiger partial charge >= 0.3 is 0 Å². The molecule has 1 amide bonds. The Kier molecular flexibility index (Phi) is 6.03. The Morgan fingerprint density at radius 3 is 2.70 bits per heavy atom. The van der Waals surface area contributed by atoms with Crippen molar-refractivity contribution in [2.45, 2.75) is 25.9 Å². The number of carbonyl (C=O) groups is 1. The van der Waals surface area contributed by atoms with Crippen molar-refractivity contribution in [1.82, 2.24) is 5.32 Å². The summed E-state index contributed by atoms with van der Waals surface area (Å²) >= 11 is 13.4. The van der Waals surface area contributed by atoms with E-state index in [1.54, 1.807) is 30.5 Å². The predicted octanol–water partition coefficient (Wildman–Crippen LogP) is 4.60. The summed E-state index contributed by atoms with van der Waals surface area (Å²) < 4.78 is 0. The Morgan fingerprint density at radius 2 is 2.04 bits per heavy atom. The quantitative estimate of drug-likeness (QED) is 0.810. The molecule has 0 saturated carbocycles. The summed E-state index contributed by atoms with van der Waals surface area (Å²) in [5, 5.41) is 18.4. The van der Waals surface area contributed by atoms with Crippen LogP contribution in [0.15, 0.2) is 29.6 Å². The van der Waals surface area contributed by atoms with Gasteiger partial charge < -0.3 is 5.32 Å². The molecule has 2 aromatic rings. The lowest BCUT2D eigenvalue weighted by molar-refractivity contribution is -0.117. The molecule has 120 valence electrons. The molecule has 7 heteroatoms. The molecular formula is C16H15Cl2N3OS. The maximum absolute atomic E-state index is 12.3. The van der Waals surface area contributed by atoms with Crippen LogP contribution in [0.3, 0.4) is 0 Å². The first-order valence-electron chi connectivity index (χ1n) is 6.91. The van der Waals surface area contributed by atoms with Gasteiger partial charge in [-0.2, -0.15) is 5.26 Å². The average Bonchev–Trinajstić information content (AvgIpc) is 2.94. The number of anilines is 1. The Bertz CT molecular complexity index is 754. The highest BCUT2D eigenvalue weighted by Gasteiger charge is 2.19. The second kappa shape index (κ2) is 7.80. The van der Waals surface area contributed by atoms with E-state index in [-0.39, 0.29) is 11.9 Å². The Morgan fingerprint density at radius 1 is 1.30 bits per heavy atom. The number of rotatable bonds is 5. The van der Waals surface area contributed by atoms with Gasteiger partial charge in [-0.05, 0) is 43.0 Å². The second-order valence-corrected chi connectivity index (χ2v) is 6.80. The normalized spacial score (nSPS) is 13.2. The zero-order valence-corrected chi connectivity index (χ0v) is 14.9. The van der Waals surface area contributed by atoms with Crippen LogP contribution in [-0.2, 0) is 4.79 Å². The van der Waals surface area contributed by atoms with Gasteiger partial charge in [-0.1, -0.05) is 29.3 Å². The Hall–Kier alpha value is -1.58. The largest absolute Gasteiger partial charge is 0.315 e. The number of carbonyl (C=O) groups excluding carboxylic acids is 1. The smallest absolute Gasteiger partial charge is 0.241 e. The molecule has 0 fully saturated rings. The molecule has 0 aliphatic heterocycles. The summed E-state index contributed by atoms with van der Waals surface area (Å²) in [6.45, 7) is 3.68. The first-order valence-corrected chi connectivity index (χ1v) is 8.55. The van der Waals surface area contributed by atoms with Crippen molar-refractivity contribution in [1.29, 1.82) is 5.26 Å². The molecule has 4 nitrogen and oxygen atoms in total. The van der Waals surface area contributed by atoms with Crippen molar-refractivity contribution >= 4 is 45.4 Å². The third-order valence-corrected chi connectivity index (χ3v) is 4.74. The van der Waals surface area contributed by atoms with E-state index in [1.165, 1.54) is 11.3 Å². The van der Waals surface area contributed by atoms with Crippen LogP contribution in [0, 0.1) is 11.3 Å². The van der Waals surface area contributed by atoms with Crippen LogP contribution in [0.25, 0.3) is 0 Å². The van der Waals surface area contributed by atoms with Gasteiger partial charge in [-0.3, -0.25) is 10.1 Å². The molecule has 1 aromatic carbocycles. The molecule has 23 heavy (non-hydrogen) atoms. The van der Waals surface area contributed by atoms with Crippen molar-refractivity contribution in [2.24, 2.45) is 0 Å². The minimum Gasteiger partial charge on any atom is -0.315 e. The van der Waals surface area contributed by atoms with Crippen LogP contribution in [0.1, 0.15) is 31.0 Å². The number of benzene rings is 1. The lowest BCUT2D eigenvalue weighted by Crippen LogP contribution is -2.39. The highest BCUT2D eigenvalue weighted by atomic mass is 35.5. The van der Waals surface area contributed by atoms with Gasteiger partial charge in [0.15, 0.2) is 0 Å². The monoisotopic (exact) mass is 367 g/mol. The van der Waals surface area contributed by atoms with Gasteiger partial charge in [-0.25, -0.2) is 0 Å². The molecule has 1 aromatic heterocycles. The Balaban J connectivity index is 2.02. The summed E-state index contributed by atoms with van der Waals surface area (Å²) in [7, 11) is 0. The third kappa shape index (κ3) is 4.46. The molecule has 0 saturated heterocycles. The fourth-order valence-corrected chi connectivity index (χ4v) is 3.42. The maximum atomic E-state index is 12.3. The van der Waals surface area contributed by atoms with E-state index < -0.39 is 6.04 Å². The molecule has 0 radical (unpaired) electrons. The van der Waals surface area contributed by atoms with Crippen molar-refractivity contribution < 1.29 is 4.79 Å². The van der Waals surface area contributed by atoms with Gasteiger partial charge in [0.2, 0.25) is 5.91 Å². The highest BCUT2D eigenvalue weighted by molar-refractivity contribution is 7.14. The summed E-state index contributed by atoms with van der Waals surface area (Å²) in [6, 6.07) is 8.41. The van der Waals surface area contributed by atoms with E-state index in [0.29, 0.717) is 20.6 Å². The number of nitrogens with zero attached hydrogens (tertiary/aromatic N) is 1. The van der Waals surface area contributed by atoms with Crippen LogP contribution < -0.4 is 10.6 Å². The summed E-state index contributed by atoms with van der Waals surface area (Å²) in [5.74, 6) is -0.208. The summed E-state index contributed by atoms with van der Waals surface area (Å²) in [4.78, 5) is 12.3. The molecule has 2 rings (SSSR count). The number of nitriles is 1. The fraction of sp³-hybridized carbons (Fsp3) is 0.250. The van der Waals surface area contributed by atoms with E-state index >= 15 is 0 Å². The minimum atomic E-state index is -0.453. The average molecular weight is 368 g/mol. The van der Waals surface area contributed by atoms with Crippen LogP contribution in [0.2, 0.25) is 10.0 Å². The number of halogens is 2. The lowest BCUT2D eigenvalue weighted by Gasteiger charge is -2.20. The van der Waals surface area contributed by atoms with Crippen molar-refractivity contribution in [3.8, 4) is 6.07 Å². The molecule has 0 bridgehead atoms. The molecular weight excluding hydrogens is 353 g/mol. The van der Waals surface area contributed by atoms with Crippen molar-refractivity contribution in [3.63, 3.8) is 0 Å². The van der Waals surface area contributed by atoms with Crippen molar-refractivity contribution in [3.05, 3.63) is 50.8 Å². The van der Waals surface area contributed by atoms with Crippen LogP contribution in [0.5, 0.6) is 0 Å². The molecule has 0 aliphatic carbocycles. The number of hydrogen-bond donors (Lipinski definition) is 2. The maximum Gasteiger partial charge on any atom is 0.241 e. The van der Waals surface area contributed by atoms with Crippen molar-refractivity contribution in [2.75, 3.05) is 5.32 Å². The Labute approximate surface area is 149 Å². The molecule has 0 aliphatic rings. The SMILES string of the molecule is CC(NC(C)c1ccc(Cl)cc1Cl)C(=O)Nc1sccc1C#N. The van der Waals surface area contributed by atoms with E-state index in [9.17, 15) is 4.79 Å². The highest BCUT2D eigenvalue weighted by Crippen LogP contribution is 2.27. The third-order valence-electron chi connectivity index (χ3n) is 3.34. The first-order chi connectivity index (χ1) is 10.9.